The van der Waals surface area contributed by atoms with Gasteiger partial charge in [-0.1, -0.05) is 72.8 Å². The van der Waals surface area contributed by atoms with Gasteiger partial charge in [0.2, 0.25) is 0 Å². The predicted octanol–water partition coefficient (Wildman–Crippen LogP) is 5.84. The summed E-state index contributed by atoms with van der Waals surface area (Å²) in [4.78, 5) is 17.7. The van der Waals surface area contributed by atoms with E-state index in [2.05, 4.69) is 15.4 Å². The molecule has 6 nitrogen and oxygen atoms in total. The molecule has 1 aromatic heterocycles. The third-order valence-corrected chi connectivity index (χ3v) is 5.66. The molecule has 0 fully saturated rings. The summed E-state index contributed by atoms with van der Waals surface area (Å²) in [6, 6.07) is 27.6. The first-order chi connectivity index (χ1) is 16.2. The van der Waals surface area contributed by atoms with Crippen LogP contribution in [-0.2, 0) is 0 Å². The number of phenols is 1. The standard InChI is InChI=1S/C27H22N4O2/c32-26-15-7-5-13-22(26)25-17-24(20-11-8-16-28-18-20)30-31(25)27(33)29-23-14-6-4-12-21(23)19-9-2-1-3-10-19/h1-16,18,25,32H,17H2,(H,29,33). The fourth-order valence-electron chi connectivity index (χ4n) is 4.05. The van der Waals surface area contributed by atoms with Gasteiger partial charge in [-0.25, -0.2) is 9.80 Å². The van der Waals surface area contributed by atoms with Crippen LogP contribution in [-0.4, -0.2) is 26.8 Å². The Bertz CT molecular complexity index is 1310. The number of carbonyl (C=O) groups is 1. The van der Waals surface area contributed by atoms with Crippen molar-refractivity contribution in [1.82, 2.24) is 9.99 Å². The van der Waals surface area contributed by atoms with E-state index < -0.39 is 6.04 Å². The monoisotopic (exact) mass is 434 g/mol. The first kappa shape index (κ1) is 20.5. The maximum atomic E-state index is 13.5. The molecule has 0 aliphatic carbocycles. The third kappa shape index (κ3) is 4.19. The molecule has 0 spiro atoms. The first-order valence-electron chi connectivity index (χ1n) is 10.7. The number of aromatic hydroxyl groups is 1. The summed E-state index contributed by atoms with van der Waals surface area (Å²) in [7, 11) is 0. The van der Waals surface area contributed by atoms with Crippen LogP contribution < -0.4 is 5.32 Å². The van der Waals surface area contributed by atoms with E-state index in [9.17, 15) is 9.90 Å². The largest absolute Gasteiger partial charge is 0.508 e. The van der Waals surface area contributed by atoms with E-state index in [-0.39, 0.29) is 11.8 Å². The molecule has 33 heavy (non-hydrogen) atoms. The summed E-state index contributed by atoms with van der Waals surface area (Å²) >= 11 is 0. The zero-order valence-corrected chi connectivity index (χ0v) is 17.8. The van der Waals surface area contributed by atoms with Crippen molar-refractivity contribution >= 4 is 17.4 Å². The zero-order chi connectivity index (χ0) is 22.6. The van der Waals surface area contributed by atoms with Crippen LogP contribution in [0.3, 0.4) is 0 Å². The normalized spacial score (nSPS) is 15.2. The molecule has 2 amide bonds. The molecule has 1 aliphatic heterocycles. The van der Waals surface area contributed by atoms with Gasteiger partial charge in [-0.05, 0) is 23.8 Å². The highest BCUT2D eigenvalue weighted by molar-refractivity contribution is 6.04. The van der Waals surface area contributed by atoms with E-state index in [4.69, 9.17) is 0 Å². The number of carbonyl (C=O) groups excluding carboxylic acids is 1. The summed E-state index contributed by atoms with van der Waals surface area (Å²) < 4.78 is 0. The number of rotatable bonds is 4. The Morgan fingerprint density at radius 3 is 2.39 bits per heavy atom. The topological polar surface area (TPSA) is 77.8 Å². The molecule has 1 aliphatic rings. The Balaban J connectivity index is 1.50. The molecule has 162 valence electrons. The van der Waals surface area contributed by atoms with E-state index >= 15 is 0 Å². The highest BCUT2D eigenvalue weighted by atomic mass is 16.3. The van der Waals surface area contributed by atoms with Crippen LogP contribution in [0.1, 0.15) is 23.6 Å². The van der Waals surface area contributed by atoms with Crippen LogP contribution in [0.25, 0.3) is 11.1 Å². The lowest BCUT2D eigenvalue weighted by Gasteiger charge is -2.23. The van der Waals surface area contributed by atoms with Gasteiger partial charge in [-0.2, -0.15) is 5.10 Å². The molecule has 2 N–H and O–H groups in total. The molecule has 1 atom stereocenters. The van der Waals surface area contributed by atoms with Crippen molar-refractivity contribution in [1.29, 1.82) is 0 Å². The molecule has 0 saturated carbocycles. The number of para-hydroxylation sites is 2. The maximum absolute atomic E-state index is 13.5. The lowest BCUT2D eigenvalue weighted by atomic mass is 9.98. The molecule has 3 aromatic carbocycles. The fraction of sp³-hybridized carbons (Fsp3) is 0.0741. The average Bonchev–Trinajstić information content (AvgIpc) is 3.31. The molecular weight excluding hydrogens is 412 g/mol. The van der Waals surface area contributed by atoms with Crippen molar-refractivity contribution in [2.75, 3.05) is 5.32 Å². The van der Waals surface area contributed by atoms with Crippen molar-refractivity contribution in [3.05, 3.63) is 115 Å². The molecule has 0 saturated heterocycles. The van der Waals surface area contributed by atoms with E-state index in [1.165, 1.54) is 5.01 Å². The summed E-state index contributed by atoms with van der Waals surface area (Å²) in [5.41, 5.74) is 4.84. The summed E-state index contributed by atoms with van der Waals surface area (Å²) in [5.74, 6) is 0.132. The van der Waals surface area contributed by atoms with Crippen LogP contribution in [0.5, 0.6) is 5.75 Å². The van der Waals surface area contributed by atoms with E-state index in [0.717, 1.165) is 22.4 Å². The Kier molecular flexibility index (Phi) is 5.55. The molecule has 0 bridgehead atoms. The Labute approximate surface area is 191 Å². The predicted molar refractivity (Wildman–Crippen MR) is 129 cm³/mol. The van der Waals surface area contributed by atoms with Gasteiger partial charge >= 0.3 is 6.03 Å². The van der Waals surface area contributed by atoms with Crippen molar-refractivity contribution in [3.63, 3.8) is 0 Å². The van der Waals surface area contributed by atoms with Gasteiger partial charge in [0.05, 0.1) is 17.4 Å². The Morgan fingerprint density at radius 1 is 0.879 bits per heavy atom. The maximum Gasteiger partial charge on any atom is 0.342 e. The number of phenolic OH excluding ortho intramolecular Hbond substituents is 1. The second-order valence-electron chi connectivity index (χ2n) is 7.75. The summed E-state index contributed by atoms with van der Waals surface area (Å²) in [6.45, 7) is 0. The number of urea groups is 1. The molecule has 2 heterocycles. The quantitative estimate of drug-likeness (QED) is 0.424. The Hall–Kier alpha value is -4.45. The lowest BCUT2D eigenvalue weighted by molar-refractivity contribution is 0.199. The summed E-state index contributed by atoms with van der Waals surface area (Å²) in [6.07, 6.45) is 3.90. The van der Waals surface area contributed by atoms with Crippen LogP contribution >= 0.6 is 0 Å². The van der Waals surface area contributed by atoms with Crippen LogP contribution in [0, 0.1) is 0 Å². The SMILES string of the molecule is O=C(Nc1ccccc1-c1ccccc1)N1N=C(c2cccnc2)CC1c1ccccc1O. The molecule has 1 unspecified atom stereocenters. The number of anilines is 1. The minimum atomic E-state index is -0.440. The van der Waals surface area contributed by atoms with E-state index in [1.807, 2.05) is 78.9 Å². The van der Waals surface area contributed by atoms with E-state index in [1.54, 1.807) is 24.5 Å². The van der Waals surface area contributed by atoms with Gasteiger partial charge in [0.15, 0.2) is 0 Å². The highest BCUT2D eigenvalue weighted by Crippen LogP contribution is 2.37. The second-order valence-corrected chi connectivity index (χ2v) is 7.75. The number of nitrogens with one attached hydrogen (secondary N) is 1. The number of amides is 2. The minimum absolute atomic E-state index is 0.132. The number of hydrogen-bond acceptors (Lipinski definition) is 4. The summed E-state index contributed by atoms with van der Waals surface area (Å²) in [5, 5.41) is 19.6. The van der Waals surface area contributed by atoms with Crippen molar-refractivity contribution in [2.45, 2.75) is 12.5 Å². The van der Waals surface area contributed by atoms with Gasteiger partial charge in [-0.15, -0.1) is 0 Å². The minimum Gasteiger partial charge on any atom is -0.508 e. The first-order valence-corrected chi connectivity index (χ1v) is 10.7. The molecule has 5 rings (SSSR count). The second kappa shape index (κ2) is 8.96. The average molecular weight is 434 g/mol. The van der Waals surface area contributed by atoms with Gasteiger partial charge in [0, 0.05) is 35.5 Å². The molecular formula is C27H22N4O2. The lowest BCUT2D eigenvalue weighted by Crippen LogP contribution is -2.31. The number of benzene rings is 3. The fourth-order valence-corrected chi connectivity index (χ4v) is 4.05. The number of nitrogens with zero attached hydrogens (tertiary/aromatic N) is 3. The van der Waals surface area contributed by atoms with Crippen LogP contribution in [0.4, 0.5) is 10.5 Å². The zero-order valence-electron chi connectivity index (χ0n) is 17.8. The Morgan fingerprint density at radius 2 is 1.61 bits per heavy atom. The van der Waals surface area contributed by atoms with Gasteiger partial charge in [0.1, 0.15) is 5.75 Å². The van der Waals surface area contributed by atoms with Crippen molar-refractivity contribution in [3.8, 4) is 16.9 Å². The molecule has 0 radical (unpaired) electrons. The smallest absolute Gasteiger partial charge is 0.342 e. The van der Waals surface area contributed by atoms with Crippen LogP contribution in [0.2, 0.25) is 0 Å². The van der Waals surface area contributed by atoms with Gasteiger partial charge < -0.3 is 10.4 Å². The van der Waals surface area contributed by atoms with E-state index in [0.29, 0.717) is 17.7 Å². The molecule has 6 heteroatoms. The highest BCUT2D eigenvalue weighted by Gasteiger charge is 2.35. The number of hydrogen-bond donors (Lipinski definition) is 2. The van der Waals surface area contributed by atoms with Crippen molar-refractivity contribution in [2.24, 2.45) is 5.10 Å². The third-order valence-electron chi connectivity index (χ3n) is 5.66. The number of hydrazone groups is 1. The van der Waals surface area contributed by atoms with Gasteiger partial charge in [0.25, 0.3) is 0 Å². The number of pyridine rings is 1. The van der Waals surface area contributed by atoms with Gasteiger partial charge in [-0.3, -0.25) is 4.98 Å². The molecule has 4 aromatic rings. The van der Waals surface area contributed by atoms with Crippen LogP contribution in [0.15, 0.2) is 108 Å². The number of aromatic nitrogens is 1. The van der Waals surface area contributed by atoms with Crippen molar-refractivity contribution < 1.29 is 9.90 Å².